The lowest BCUT2D eigenvalue weighted by molar-refractivity contribution is -0.121. The van der Waals surface area contributed by atoms with Crippen molar-refractivity contribution in [1.29, 1.82) is 0 Å². The summed E-state index contributed by atoms with van der Waals surface area (Å²) in [6.45, 7) is 1.05. The highest BCUT2D eigenvalue weighted by Crippen LogP contribution is 2.23. The maximum Gasteiger partial charge on any atom is 0.243 e. The van der Waals surface area contributed by atoms with E-state index in [0.717, 1.165) is 27.9 Å². The van der Waals surface area contributed by atoms with Crippen LogP contribution in [0.1, 0.15) is 12.8 Å². The maximum absolute atomic E-state index is 12.9. The molecule has 0 bridgehead atoms. The van der Waals surface area contributed by atoms with Gasteiger partial charge in [0.2, 0.25) is 26.0 Å². The Morgan fingerprint density at radius 3 is 2.25 bits per heavy atom. The van der Waals surface area contributed by atoms with Crippen molar-refractivity contribution in [1.82, 2.24) is 13.9 Å². The summed E-state index contributed by atoms with van der Waals surface area (Å²) in [7, 11) is -5.95. The van der Waals surface area contributed by atoms with Crippen molar-refractivity contribution in [2.75, 3.05) is 39.8 Å². The van der Waals surface area contributed by atoms with E-state index in [4.69, 9.17) is 4.74 Å². The largest absolute Gasteiger partial charge is 0.492 e. The first-order valence-electron chi connectivity index (χ1n) is 11.6. The lowest BCUT2D eigenvalue weighted by atomic mass is 10.1. The normalized spacial score (nSPS) is 14.8. The van der Waals surface area contributed by atoms with E-state index in [2.05, 4.69) is 5.32 Å². The van der Waals surface area contributed by atoms with Crippen molar-refractivity contribution >= 4 is 36.7 Å². The molecule has 0 aromatic heterocycles. The van der Waals surface area contributed by atoms with Crippen LogP contribution < -0.4 is 10.1 Å². The summed E-state index contributed by atoms with van der Waals surface area (Å²) in [6, 6.07) is 18.5. The number of hydrogen-bond acceptors (Lipinski definition) is 6. The summed E-state index contributed by atoms with van der Waals surface area (Å²) in [6.07, 6.45) is 1.74. The van der Waals surface area contributed by atoms with Crippen LogP contribution in [0.25, 0.3) is 10.8 Å². The van der Waals surface area contributed by atoms with Crippen LogP contribution in [-0.2, 0) is 24.8 Å². The number of sulfonamides is 2. The van der Waals surface area contributed by atoms with Gasteiger partial charge in [-0.2, -0.15) is 8.61 Å². The van der Waals surface area contributed by atoms with Crippen molar-refractivity contribution in [3.63, 3.8) is 0 Å². The molecule has 3 aromatic carbocycles. The number of carbonyl (C=O) groups is 1. The highest BCUT2D eigenvalue weighted by atomic mass is 32.2. The maximum atomic E-state index is 12.9. The number of amides is 1. The topological polar surface area (TPSA) is 113 Å². The van der Waals surface area contributed by atoms with E-state index < -0.39 is 26.0 Å². The number of carbonyl (C=O) groups excluding carboxylic acids is 1. The molecular formula is C25H29N3O6S2. The van der Waals surface area contributed by atoms with Gasteiger partial charge in [-0.15, -0.1) is 0 Å². The van der Waals surface area contributed by atoms with Gasteiger partial charge in [0.15, 0.2) is 0 Å². The van der Waals surface area contributed by atoms with Gasteiger partial charge < -0.3 is 10.1 Å². The van der Waals surface area contributed by atoms with Crippen molar-refractivity contribution in [3.05, 3.63) is 66.7 Å². The number of nitrogens with zero attached hydrogens (tertiary/aromatic N) is 2. The second-order valence-corrected chi connectivity index (χ2v) is 12.5. The van der Waals surface area contributed by atoms with E-state index in [1.807, 2.05) is 24.3 Å². The van der Waals surface area contributed by atoms with E-state index in [1.165, 1.54) is 29.6 Å². The third-order valence-electron chi connectivity index (χ3n) is 6.01. The van der Waals surface area contributed by atoms with Gasteiger partial charge in [0.25, 0.3) is 0 Å². The fraction of sp³-hybridized carbons (Fsp3) is 0.320. The van der Waals surface area contributed by atoms with Crippen LogP contribution >= 0.6 is 0 Å². The molecule has 0 saturated carbocycles. The quantitative estimate of drug-likeness (QED) is 0.402. The smallest absolute Gasteiger partial charge is 0.243 e. The minimum Gasteiger partial charge on any atom is -0.492 e. The summed E-state index contributed by atoms with van der Waals surface area (Å²) in [5.41, 5.74) is 0. The second kappa shape index (κ2) is 11.0. The van der Waals surface area contributed by atoms with E-state index in [1.54, 1.807) is 24.3 Å². The zero-order valence-corrected chi connectivity index (χ0v) is 21.6. The molecule has 0 unspecified atom stereocenters. The molecule has 1 heterocycles. The summed E-state index contributed by atoms with van der Waals surface area (Å²) in [5, 5.41) is 4.37. The molecule has 3 aromatic rings. The van der Waals surface area contributed by atoms with Gasteiger partial charge in [-0.1, -0.05) is 30.3 Å². The lowest BCUT2D eigenvalue weighted by Crippen LogP contribution is -2.39. The molecule has 1 aliphatic heterocycles. The van der Waals surface area contributed by atoms with Crippen LogP contribution in [0.5, 0.6) is 5.75 Å². The predicted molar refractivity (Wildman–Crippen MR) is 137 cm³/mol. The number of likely N-dealkylation sites (N-methyl/N-ethyl adjacent to an activating group) is 1. The molecule has 0 radical (unpaired) electrons. The monoisotopic (exact) mass is 531 g/mol. The average molecular weight is 532 g/mol. The van der Waals surface area contributed by atoms with Gasteiger partial charge in [0.1, 0.15) is 12.4 Å². The highest BCUT2D eigenvalue weighted by Gasteiger charge is 2.27. The molecule has 9 nitrogen and oxygen atoms in total. The van der Waals surface area contributed by atoms with Gasteiger partial charge in [-0.25, -0.2) is 16.8 Å². The summed E-state index contributed by atoms with van der Waals surface area (Å²) in [5.74, 6) is 0.0122. The Balaban J connectivity index is 1.25. The van der Waals surface area contributed by atoms with Crippen molar-refractivity contribution in [3.8, 4) is 5.75 Å². The number of benzene rings is 3. The SMILES string of the molecule is CN(CC(=O)NCCOc1ccc(S(=O)(=O)N2CCCC2)cc1)S(=O)(=O)c1ccc2ccccc2c1. The zero-order chi connectivity index (χ0) is 25.8. The molecule has 1 aliphatic rings. The van der Waals surface area contributed by atoms with Gasteiger partial charge in [0, 0.05) is 20.1 Å². The third-order valence-corrected chi connectivity index (χ3v) is 9.73. The van der Waals surface area contributed by atoms with Crippen molar-refractivity contribution in [2.45, 2.75) is 22.6 Å². The number of hydrogen-bond donors (Lipinski definition) is 1. The first-order valence-corrected chi connectivity index (χ1v) is 14.5. The third kappa shape index (κ3) is 5.86. The fourth-order valence-electron chi connectivity index (χ4n) is 4.00. The molecule has 0 aliphatic carbocycles. The van der Waals surface area contributed by atoms with Gasteiger partial charge >= 0.3 is 0 Å². The minimum absolute atomic E-state index is 0.120. The Bertz CT molecular complexity index is 1430. The second-order valence-electron chi connectivity index (χ2n) is 8.55. The number of ether oxygens (including phenoxy) is 1. The summed E-state index contributed by atoms with van der Waals surface area (Å²) < 4.78 is 59.0. The molecule has 4 rings (SSSR count). The molecule has 0 spiro atoms. The van der Waals surface area contributed by atoms with Crippen molar-refractivity contribution in [2.24, 2.45) is 0 Å². The minimum atomic E-state index is -3.83. The molecular weight excluding hydrogens is 502 g/mol. The molecule has 1 fully saturated rings. The van der Waals surface area contributed by atoms with Crippen LogP contribution in [0.4, 0.5) is 0 Å². The Hall–Kier alpha value is -2.99. The summed E-state index contributed by atoms with van der Waals surface area (Å²) >= 11 is 0. The number of rotatable bonds is 10. The Labute approximate surface area is 211 Å². The molecule has 11 heteroatoms. The Morgan fingerprint density at radius 2 is 1.56 bits per heavy atom. The molecule has 192 valence electrons. The van der Waals surface area contributed by atoms with E-state index in [0.29, 0.717) is 18.8 Å². The highest BCUT2D eigenvalue weighted by molar-refractivity contribution is 7.89. The number of nitrogens with one attached hydrogen (secondary N) is 1. The Kier molecular flexibility index (Phi) is 7.94. The molecule has 1 amide bonds. The zero-order valence-electron chi connectivity index (χ0n) is 20.0. The van der Waals surface area contributed by atoms with Crippen molar-refractivity contribution < 1.29 is 26.4 Å². The van der Waals surface area contributed by atoms with E-state index in [9.17, 15) is 21.6 Å². The first kappa shape index (κ1) is 26.1. The van der Waals surface area contributed by atoms with E-state index in [-0.39, 0.29) is 29.5 Å². The summed E-state index contributed by atoms with van der Waals surface area (Å²) in [4.78, 5) is 12.6. The van der Waals surface area contributed by atoms with Crippen LogP contribution in [0, 0.1) is 0 Å². The first-order chi connectivity index (χ1) is 17.2. The van der Waals surface area contributed by atoms with Crippen LogP contribution in [0.2, 0.25) is 0 Å². The van der Waals surface area contributed by atoms with Crippen LogP contribution in [0.3, 0.4) is 0 Å². The predicted octanol–water partition coefficient (Wildman–Crippen LogP) is 2.44. The van der Waals surface area contributed by atoms with Gasteiger partial charge in [-0.3, -0.25) is 4.79 Å². The van der Waals surface area contributed by atoms with Crippen LogP contribution in [0.15, 0.2) is 76.5 Å². The molecule has 1 saturated heterocycles. The Morgan fingerprint density at radius 1 is 0.917 bits per heavy atom. The van der Waals surface area contributed by atoms with Gasteiger partial charge in [-0.05, 0) is 60.0 Å². The molecule has 36 heavy (non-hydrogen) atoms. The fourth-order valence-corrected chi connectivity index (χ4v) is 6.68. The number of fused-ring (bicyclic) bond motifs is 1. The molecule has 1 N–H and O–H groups in total. The molecule has 0 atom stereocenters. The van der Waals surface area contributed by atoms with Gasteiger partial charge in [0.05, 0.1) is 22.9 Å². The standard InChI is InChI=1S/C25H29N3O6S2/c1-27(35(30,31)24-11-8-20-6-2-3-7-21(20)18-24)19-25(29)26-14-17-34-22-9-12-23(13-10-22)36(32,33)28-15-4-5-16-28/h2-3,6-13,18H,4-5,14-17,19H2,1H3,(H,26,29). The lowest BCUT2D eigenvalue weighted by Gasteiger charge is -2.17. The van der Waals surface area contributed by atoms with E-state index >= 15 is 0 Å². The average Bonchev–Trinajstić information content (AvgIpc) is 3.43. The van der Waals surface area contributed by atoms with Crippen LogP contribution in [-0.4, -0.2) is 71.2 Å².